The normalized spacial score (nSPS) is 13.8. The molecule has 0 amide bonds. The number of benzene rings is 1. The van der Waals surface area contributed by atoms with Crippen molar-refractivity contribution in [3.05, 3.63) is 57.6 Å². The summed E-state index contributed by atoms with van der Waals surface area (Å²) < 4.78 is 6.51. The Morgan fingerprint density at radius 2 is 2.14 bits per heavy atom. The van der Waals surface area contributed by atoms with Crippen molar-refractivity contribution in [3.63, 3.8) is 0 Å². The quantitative estimate of drug-likeness (QED) is 0.638. The highest BCUT2D eigenvalue weighted by Crippen LogP contribution is 2.20. The molecule has 1 aliphatic rings. The minimum Gasteiger partial charge on any atom is -0.464 e. The first-order valence-electron chi connectivity index (χ1n) is 6.81. The maximum absolute atomic E-state index is 12.8. The van der Waals surface area contributed by atoms with E-state index in [9.17, 15) is 9.59 Å². The van der Waals surface area contributed by atoms with Gasteiger partial charge in [-0.2, -0.15) is 4.89 Å². The van der Waals surface area contributed by atoms with Gasteiger partial charge >= 0.3 is 5.97 Å². The second-order valence-corrected chi connectivity index (χ2v) is 4.94. The number of hydrogen-bond donors (Lipinski definition) is 0. The fraction of sp³-hybridized carbons (Fsp3) is 0.250. The van der Waals surface area contributed by atoms with E-state index in [2.05, 4.69) is 0 Å². The highest BCUT2D eigenvalue weighted by atomic mass is 17.2. The number of pyridine rings is 1. The summed E-state index contributed by atoms with van der Waals surface area (Å²) >= 11 is 0. The van der Waals surface area contributed by atoms with E-state index in [1.54, 1.807) is 35.9 Å². The smallest absolute Gasteiger partial charge is 0.355 e. The van der Waals surface area contributed by atoms with Gasteiger partial charge < -0.3 is 14.2 Å². The number of rotatable bonds is 3. The molecule has 22 heavy (non-hydrogen) atoms. The number of methoxy groups -OCH3 is 1. The number of aryl methyl sites for hydroxylation is 1. The zero-order chi connectivity index (χ0) is 15.7. The Labute approximate surface area is 126 Å². The van der Waals surface area contributed by atoms with Crippen LogP contribution in [0.25, 0.3) is 10.9 Å². The fourth-order valence-corrected chi connectivity index (χ4v) is 2.62. The van der Waals surface area contributed by atoms with Gasteiger partial charge in [-0.1, -0.05) is 12.1 Å². The van der Waals surface area contributed by atoms with Gasteiger partial charge in [0.1, 0.15) is 18.1 Å². The van der Waals surface area contributed by atoms with Gasteiger partial charge in [0.2, 0.25) is 0 Å². The van der Waals surface area contributed by atoms with Crippen LogP contribution in [0.2, 0.25) is 0 Å². The molecule has 0 saturated carbocycles. The number of carbonyl (C=O) groups is 1. The molecule has 0 aliphatic carbocycles. The van der Waals surface area contributed by atoms with Crippen molar-refractivity contribution >= 4 is 16.9 Å². The number of allylic oxidation sites excluding steroid dienone is 1. The average molecular weight is 301 g/mol. The molecule has 114 valence electrons. The number of aromatic nitrogens is 1. The summed E-state index contributed by atoms with van der Waals surface area (Å²) in [4.78, 5) is 34.7. The van der Waals surface area contributed by atoms with Gasteiger partial charge in [0.05, 0.1) is 12.6 Å². The summed E-state index contributed by atoms with van der Waals surface area (Å²) in [5, 5.41) is 0.548. The number of fused-ring (bicyclic) bond motifs is 1. The standard InChI is InChI=1S/C16H15NO5/c1-17-13-6-4-3-5-11(13)15(18)12(14(17)16(19)20-2)9-10-7-8-21-22-10/h3-7H,8-9H2,1-2H3. The summed E-state index contributed by atoms with van der Waals surface area (Å²) in [5.74, 6) is -0.0441. The van der Waals surface area contributed by atoms with Crippen LogP contribution in [0.15, 0.2) is 40.9 Å². The molecule has 0 spiro atoms. The first kappa shape index (κ1) is 14.3. The molecule has 0 saturated heterocycles. The summed E-state index contributed by atoms with van der Waals surface area (Å²) in [5.41, 5.74) is 1.03. The van der Waals surface area contributed by atoms with Crippen LogP contribution in [0.3, 0.4) is 0 Å². The van der Waals surface area contributed by atoms with Crippen molar-refractivity contribution in [2.45, 2.75) is 6.42 Å². The lowest BCUT2D eigenvalue weighted by molar-refractivity contribution is -0.234. The molecule has 0 atom stereocenters. The van der Waals surface area contributed by atoms with E-state index in [-0.39, 0.29) is 17.5 Å². The number of hydrogen-bond acceptors (Lipinski definition) is 5. The summed E-state index contributed by atoms with van der Waals surface area (Å²) in [6.07, 6.45) is 1.91. The highest BCUT2D eigenvalue weighted by molar-refractivity contribution is 5.93. The number of ether oxygens (including phenoxy) is 1. The number of carbonyl (C=O) groups excluding carboxylic acids is 1. The lowest BCUT2D eigenvalue weighted by Crippen LogP contribution is -2.24. The second-order valence-electron chi connectivity index (χ2n) is 4.94. The lowest BCUT2D eigenvalue weighted by atomic mass is 10.0. The molecule has 1 aromatic carbocycles. The van der Waals surface area contributed by atoms with Crippen molar-refractivity contribution in [2.24, 2.45) is 7.05 Å². The minimum atomic E-state index is -0.556. The number of nitrogens with zero attached hydrogens (tertiary/aromatic N) is 1. The van der Waals surface area contributed by atoms with E-state index < -0.39 is 5.97 Å². The van der Waals surface area contributed by atoms with Crippen LogP contribution < -0.4 is 5.43 Å². The van der Waals surface area contributed by atoms with E-state index in [1.807, 2.05) is 6.07 Å². The molecule has 0 fully saturated rings. The van der Waals surface area contributed by atoms with Crippen LogP contribution in [-0.2, 0) is 28.0 Å². The molecule has 1 aromatic heterocycles. The van der Waals surface area contributed by atoms with Gasteiger partial charge in [0.15, 0.2) is 5.43 Å². The zero-order valence-electron chi connectivity index (χ0n) is 12.3. The fourth-order valence-electron chi connectivity index (χ4n) is 2.62. The molecule has 6 heteroatoms. The summed E-state index contributed by atoms with van der Waals surface area (Å²) in [6.45, 7) is 0.330. The van der Waals surface area contributed by atoms with Crippen molar-refractivity contribution in [1.29, 1.82) is 0 Å². The van der Waals surface area contributed by atoms with Gasteiger partial charge in [-0.05, 0) is 18.2 Å². The Hall–Kier alpha value is -2.60. The Morgan fingerprint density at radius 1 is 1.36 bits per heavy atom. The van der Waals surface area contributed by atoms with Crippen LogP contribution in [0, 0.1) is 0 Å². The third kappa shape index (κ3) is 2.27. The molecule has 0 unspecified atom stereocenters. The molecular weight excluding hydrogens is 286 g/mol. The summed E-state index contributed by atoms with van der Waals surface area (Å²) in [6, 6.07) is 7.14. The van der Waals surface area contributed by atoms with Crippen LogP contribution >= 0.6 is 0 Å². The zero-order valence-corrected chi connectivity index (χ0v) is 12.3. The van der Waals surface area contributed by atoms with E-state index in [0.29, 0.717) is 28.8 Å². The number of esters is 1. The first-order chi connectivity index (χ1) is 10.6. The predicted octanol–water partition coefficient (Wildman–Crippen LogP) is 1.71. The molecule has 3 rings (SSSR count). The van der Waals surface area contributed by atoms with Crippen molar-refractivity contribution in [3.8, 4) is 0 Å². The highest BCUT2D eigenvalue weighted by Gasteiger charge is 2.23. The third-order valence-electron chi connectivity index (χ3n) is 3.68. The van der Waals surface area contributed by atoms with Crippen LogP contribution in [0.5, 0.6) is 0 Å². The first-order valence-corrected chi connectivity index (χ1v) is 6.81. The van der Waals surface area contributed by atoms with Gasteiger partial charge in [-0.3, -0.25) is 4.79 Å². The summed E-state index contributed by atoms with van der Waals surface area (Å²) in [7, 11) is 3.03. The minimum absolute atomic E-state index is 0.182. The SMILES string of the molecule is COC(=O)c1c(CC2=CCOO2)c(=O)c2ccccc2n1C. The molecular formula is C16H15NO5. The molecule has 2 aromatic rings. The largest absolute Gasteiger partial charge is 0.464 e. The van der Waals surface area contributed by atoms with Crippen LogP contribution in [-0.4, -0.2) is 24.3 Å². The van der Waals surface area contributed by atoms with E-state index >= 15 is 0 Å². The van der Waals surface area contributed by atoms with Crippen molar-refractivity contribution < 1.29 is 19.3 Å². The van der Waals surface area contributed by atoms with Crippen LogP contribution in [0.1, 0.15) is 16.1 Å². The van der Waals surface area contributed by atoms with E-state index in [0.717, 1.165) is 0 Å². The van der Waals surface area contributed by atoms with E-state index in [1.165, 1.54) is 7.11 Å². The molecule has 2 heterocycles. The Bertz CT molecular complexity index is 834. The molecule has 6 nitrogen and oxygen atoms in total. The molecule has 0 radical (unpaired) electrons. The van der Waals surface area contributed by atoms with E-state index in [4.69, 9.17) is 14.5 Å². The molecule has 0 N–H and O–H groups in total. The Kier molecular flexibility index (Phi) is 3.68. The topological polar surface area (TPSA) is 66.8 Å². The molecule has 0 bridgehead atoms. The van der Waals surface area contributed by atoms with Crippen molar-refractivity contribution in [2.75, 3.05) is 13.7 Å². The van der Waals surface area contributed by atoms with Gasteiger partial charge in [0, 0.05) is 24.4 Å². The number of para-hydroxylation sites is 1. The van der Waals surface area contributed by atoms with Gasteiger partial charge in [0.25, 0.3) is 0 Å². The third-order valence-corrected chi connectivity index (χ3v) is 3.68. The molecule has 1 aliphatic heterocycles. The average Bonchev–Trinajstić information content (AvgIpc) is 3.05. The van der Waals surface area contributed by atoms with Crippen molar-refractivity contribution in [1.82, 2.24) is 4.57 Å². The lowest BCUT2D eigenvalue weighted by Gasteiger charge is -2.15. The maximum Gasteiger partial charge on any atom is 0.355 e. The maximum atomic E-state index is 12.8. The Morgan fingerprint density at radius 3 is 2.82 bits per heavy atom. The monoisotopic (exact) mass is 301 g/mol. The van der Waals surface area contributed by atoms with Gasteiger partial charge in [-0.25, -0.2) is 4.79 Å². The Balaban J connectivity index is 2.29. The van der Waals surface area contributed by atoms with Gasteiger partial charge in [-0.15, -0.1) is 0 Å². The second kappa shape index (κ2) is 5.65. The predicted molar refractivity (Wildman–Crippen MR) is 79.4 cm³/mol. The van der Waals surface area contributed by atoms with Crippen LogP contribution in [0.4, 0.5) is 0 Å².